The molecule has 0 saturated carbocycles. The van der Waals surface area contributed by atoms with Gasteiger partial charge in [0, 0.05) is 55.3 Å². The normalized spacial score (nSPS) is 17.8. The molecule has 1 saturated heterocycles. The van der Waals surface area contributed by atoms with E-state index in [1.54, 1.807) is 6.20 Å². The van der Waals surface area contributed by atoms with Crippen molar-refractivity contribution in [3.8, 4) is 0 Å². The molecule has 1 unspecified atom stereocenters. The van der Waals surface area contributed by atoms with Crippen LogP contribution in [0.2, 0.25) is 5.02 Å². The first-order chi connectivity index (χ1) is 12.2. The van der Waals surface area contributed by atoms with E-state index in [1.807, 2.05) is 35.3 Å². The maximum atomic E-state index is 6.11. The summed E-state index contributed by atoms with van der Waals surface area (Å²) in [4.78, 5) is 11.1. The van der Waals surface area contributed by atoms with E-state index >= 15 is 0 Å². The zero-order chi connectivity index (χ0) is 17.5. The molecule has 1 atom stereocenters. The van der Waals surface area contributed by atoms with Gasteiger partial charge in [0.15, 0.2) is 5.96 Å². The summed E-state index contributed by atoms with van der Waals surface area (Å²) < 4.78 is 2.03. The molecule has 0 aliphatic carbocycles. The number of rotatable bonds is 6. The molecule has 2 N–H and O–H groups in total. The van der Waals surface area contributed by atoms with Crippen LogP contribution in [0.15, 0.2) is 48.0 Å². The Morgan fingerprint density at radius 3 is 3.12 bits per heavy atom. The zero-order valence-corrected chi connectivity index (χ0v) is 15.3. The van der Waals surface area contributed by atoms with Crippen LogP contribution in [-0.4, -0.2) is 47.7 Å². The highest BCUT2D eigenvalue weighted by Gasteiger charge is 2.23. The van der Waals surface area contributed by atoms with E-state index in [4.69, 9.17) is 11.6 Å². The van der Waals surface area contributed by atoms with Gasteiger partial charge in [-0.25, -0.2) is 4.98 Å². The Kier molecular flexibility index (Phi) is 6.17. The molecule has 1 fully saturated rings. The summed E-state index contributed by atoms with van der Waals surface area (Å²) in [5.41, 5.74) is 1.18. The van der Waals surface area contributed by atoms with Crippen molar-refractivity contribution in [2.24, 2.45) is 4.99 Å². The molecule has 25 heavy (non-hydrogen) atoms. The number of nitrogens with one attached hydrogen (secondary N) is 2. The van der Waals surface area contributed by atoms with Gasteiger partial charge in [0.2, 0.25) is 0 Å². The number of hydrogen-bond donors (Lipinski definition) is 2. The maximum Gasteiger partial charge on any atom is 0.191 e. The molecule has 2 aromatic rings. The average molecular weight is 361 g/mol. The molecular formula is C18H25ClN6. The van der Waals surface area contributed by atoms with Crippen LogP contribution in [0.3, 0.4) is 0 Å². The van der Waals surface area contributed by atoms with Crippen molar-refractivity contribution in [2.75, 3.05) is 31.1 Å². The largest absolute Gasteiger partial charge is 0.369 e. The van der Waals surface area contributed by atoms with Gasteiger partial charge in [0.1, 0.15) is 0 Å². The summed E-state index contributed by atoms with van der Waals surface area (Å²) in [6.07, 6.45) is 6.64. The van der Waals surface area contributed by atoms with Crippen LogP contribution in [0, 0.1) is 0 Å². The Hall–Kier alpha value is -2.21. The number of aromatic nitrogens is 2. The topological polar surface area (TPSA) is 57.5 Å². The molecule has 1 aliphatic heterocycles. The second kappa shape index (κ2) is 8.76. The predicted octanol–water partition coefficient (Wildman–Crippen LogP) is 2.37. The Balaban J connectivity index is 1.53. The fourth-order valence-electron chi connectivity index (χ4n) is 3.00. The van der Waals surface area contributed by atoms with Crippen LogP contribution in [0.5, 0.6) is 0 Å². The SMILES string of the molecule is CCNC(=NCCn1ccnc1)NC1CCN(c2cccc(Cl)c2)C1. The fraction of sp³-hybridized carbons (Fsp3) is 0.444. The van der Waals surface area contributed by atoms with Gasteiger partial charge in [0.05, 0.1) is 12.9 Å². The van der Waals surface area contributed by atoms with Crippen LogP contribution in [0.25, 0.3) is 0 Å². The fourth-order valence-corrected chi connectivity index (χ4v) is 3.18. The first kappa shape index (κ1) is 17.6. The van der Waals surface area contributed by atoms with Gasteiger partial charge in [-0.15, -0.1) is 0 Å². The second-order valence-electron chi connectivity index (χ2n) is 6.12. The first-order valence-electron chi connectivity index (χ1n) is 8.75. The molecule has 1 aromatic carbocycles. The van der Waals surface area contributed by atoms with E-state index in [-0.39, 0.29) is 0 Å². The van der Waals surface area contributed by atoms with Gasteiger partial charge >= 0.3 is 0 Å². The van der Waals surface area contributed by atoms with Crippen LogP contribution < -0.4 is 15.5 Å². The number of halogens is 1. The van der Waals surface area contributed by atoms with E-state index in [0.717, 1.165) is 50.1 Å². The Morgan fingerprint density at radius 1 is 1.44 bits per heavy atom. The van der Waals surface area contributed by atoms with Gasteiger partial charge in [-0.05, 0) is 31.5 Å². The average Bonchev–Trinajstić information content (AvgIpc) is 3.27. The Bertz CT molecular complexity index is 685. The van der Waals surface area contributed by atoms with Crippen LogP contribution in [-0.2, 0) is 6.54 Å². The number of imidazole rings is 1. The van der Waals surface area contributed by atoms with Gasteiger partial charge < -0.3 is 20.1 Å². The standard InChI is InChI=1S/C18H25ClN6/c1-2-21-18(22-8-11-24-10-7-20-14-24)23-16-6-9-25(13-16)17-5-3-4-15(19)12-17/h3-5,7,10,12,14,16H,2,6,8-9,11,13H2,1H3,(H2,21,22,23). The lowest BCUT2D eigenvalue weighted by Gasteiger charge is -2.20. The zero-order valence-electron chi connectivity index (χ0n) is 14.5. The molecule has 2 heterocycles. The van der Waals surface area contributed by atoms with Gasteiger partial charge in [-0.3, -0.25) is 4.99 Å². The lowest BCUT2D eigenvalue weighted by Crippen LogP contribution is -2.44. The number of anilines is 1. The first-order valence-corrected chi connectivity index (χ1v) is 9.13. The summed E-state index contributed by atoms with van der Waals surface area (Å²) >= 11 is 6.11. The van der Waals surface area contributed by atoms with Crippen LogP contribution >= 0.6 is 11.6 Å². The van der Waals surface area contributed by atoms with E-state index in [2.05, 4.69) is 38.5 Å². The molecule has 134 valence electrons. The smallest absolute Gasteiger partial charge is 0.191 e. The monoisotopic (exact) mass is 360 g/mol. The van der Waals surface area contributed by atoms with Crippen LogP contribution in [0.4, 0.5) is 5.69 Å². The van der Waals surface area contributed by atoms with Gasteiger partial charge in [0.25, 0.3) is 0 Å². The summed E-state index contributed by atoms with van der Waals surface area (Å²) in [7, 11) is 0. The highest BCUT2D eigenvalue weighted by Crippen LogP contribution is 2.23. The third kappa shape index (κ3) is 5.13. The van der Waals surface area contributed by atoms with Crippen molar-refractivity contribution in [2.45, 2.75) is 25.9 Å². The van der Waals surface area contributed by atoms with Crippen molar-refractivity contribution in [1.29, 1.82) is 0 Å². The molecule has 0 amide bonds. The lowest BCUT2D eigenvalue weighted by atomic mass is 10.3. The summed E-state index contributed by atoms with van der Waals surface area (Å²) in [5.74, 6) is 0.876. The summed E-state index contributed by atoms with van der Waals surface area (Å²) in [6.45, 7) is 6.45. The summed E-state index contributed by atoms with van der Waals surface area (Å²) in [6, 6.07) is 8.42. The number of aliphatic imine (C=N–C) groups is 1. The highest BCUT2D eigenvalue weighted by atomic mass is 35.5. The van der Waals surface area contributed by atoms with E-state index in [9.17, 15) is 0 Å². The van der Waals surface area contributed by atoms with E-state index < -0.39 is 0 Å². The molecule has 7 heteroatoms. The Morgan fingerprint density at radius 2 is 2.36 bits per heavy atom. The molecule has 3 rings (SSSR count). The minimum absolute atomic E-state index is 0.380. The number of hydrogen-bond acceptors (Lipinski definition) is 3. The molecule has 0 radical (unpaired) electrons. The van der Waals surface area contributed by atoms with Crippen molar-refractivity contribution in [1.82, 2.24) is 20.2 Å². The molecule has 0 bridgehead atoms. The second-order valence-corrected chi connectivity index (χ2v) is 6.55. The third-order valence-corrected chi connectivity index (χ3v) is 4.47. The van der Waals surface area contributed by atoms with Crippen molar-refractivity contribution in [3.05, 3.63) is 48.0 Å². The lowest BCUT2D eigenvalue weighted by molar-refractivity contribution is 0.642. The third-order valence-electron chi connectivity index (χ3n) is 4.23. The molecule has 0 spiro atoms. The quantitative estimate of drug-likeness (QED) is 0.613. The predicted molar refractivity (Wildman–Crippen MR) is 103 cm³/mol. The minimum atomic E-state index is 0.380. The van der Waals surface area contributed by atoms with Crippen molar-refractivity contribution >= 4 is 23.2 Å². The minimum Gasteiger partial charge on any atom is -0.369 e. The number of guanidine groups is 1. The maximum absolute atomic E-state index is 6.11. The van der Waals surface area contributed by atoms with E-state index in [0.29, 0.717) is 6.04 Å². The van der Waals surface area contributed by atoms with Crippen molar-refractivity contribution < 1.29 is 0 Å². The van der Waals surface area contributed by atoms with Crippen molar-refractivity contribution in [3.63, 3.8) is 0 Å². The van der Waals surface area contributed by atoms with Gasteiger partial charge in [-0.1, -0.05) is 17.7 Å². The molecular weight excluding hydrogens is 336 g/mol. The highest BCUT2D eigenvalue weighted by molar-refractivity contribution is 6.30. The summed E-state index contributed by atoms with van der Waals surface area (Å²) in [5, 5.41) is 7.66. The van der Waals surface area contributed by atoms with Gasteiger partial charge in [-0.2, -0.15) is 0 Å². The van der Waals surface area contributed by atoms with Crippen LogP contribution in [0.1, 0.15) is 13.3 Å². The molecule has 1 aromatic heterocycles. The number of nitrogens with zero attached hydrogens (tertiary/aromatic N) is 4. The van der Waals surface area contributed by atoms with E-state index in [1.165, 1.54) is 5.69 Å². The number of benzene rings is 1. The molecule has 6 nitrogen and oxygen atoms in total. The Labute approximate surface area is 153 Å². The molecule has 1 aliphatic rings.